The van der Waals surface area contributed by atoms with Crippen LogP contribution in [0, 0.1) is 0 Å². The van der Waals surface area contributed by atoms with E-state index in [4.69, 9.17) is 9.26 Å². The van der Waals surface area contributed by atoms with E-state index in [1.165, 1.54) is 0 Å². The van der Waals surface area contributed by atoms with Gasteiger partial charge in [-0.15, -0.1) is 0 Å². The highest BCUT2D eigenvalue weighted by Gasteiger charge is 2.25. The molecule has 1 aromatic heterocycles. The number of para-hydroxylation sites is 1. The Labute approximate surface area is 129 Å². The number of carbonyl (C=O) groups excluding carboxylic acids is 1. The number of rotatable bonds is 4. The van der Waals surface area contributed by atoms with Gasteiger partial charge in [0.05, 0.1) is 12.2 Å². The highest BCUT2D eigenvalue weighted by Crippen LogP contribution is 2.27. The molecule has 0 saturated heterocycles. The lowest BCUT2D eigenvalue weighted by atomic mass is 10.0. The molecule has 1 N–H and O–H groups in total. The number of carbonyl (C=O) groups is 1. The van der Waals surface area contributed by atoms with E-state index < -0.39 is 6.10 Å². The lowest BCUT2D eigenvalue weighted by Gasteiger charge is -2.24. The molecule has 1 aliphatic rings. The van der Waals surface area contributed by atoms with E-state index in [0.29, 0.717) is 24.6 Å². The van der Waals surface area contributed by atoms with E-state index in [1.807, 2.05) is 44.2 Å². The quantitative estimate of drug-likeness (QED) is 0.943. The number of hydrogen-bond donors (Lipinski definition) is 1. The van der Waals surface area contributed by atoms with Crippen molar-refractivity contribution in [3.63, 3.8) is 0 Å². The summed E-state index contributed by atoms with van der Waals surface area (Å²) >= 11 is 0. The summed E-state index contributed by atoms with van der Waals surface area (Å²) in [6.07, 6.45) is 1.10. The zero-order valence-corrected chi connectivity index (χ0v) is 12.8. The summed E-state index contributed by atoms with van der Waals surface area (Å²) in [6, 6.07) is 9.72. The zero-order valence-electron chi connectivity index (χ0n) is 12.8. The van der Waals surface area contributed by atoms with Crippen molar-refractivity contribution in [1.82, 2.24) is 10.5 Å². The van der Waals surface area contributed by atoms with E-state index in [0.717, 1.165) is 23.4 Å². The lowest BCUT2D eigenvalue weighted by molar-refractivity contribution is -0.128. The maximum absolute atomic E-state index is 12.2. The number of fused-ring (bicyclic) bond motifs is 1. The van der Waals surface area contributed by atoms with Crippen LogP contribution in [0.5, 0.6) is 5.75 Å². The molecule has 1 unspecified atom stereocenters. The fraction of sp³-hybridized carbons (Fsp3) is 0.412. The molecule has 116 valence electrons. The molecule has 1 aliphatic heterocycles. The van der Waals surface area contributed by atoms with Gasteiger partial charge in [-0.1, -0.05) is 37.2 Å². The van der Waals surface area contributed by atoms with E-state index >= 15 is 0 Å². The largest absolute Gasteiger partial charge is 0.480 e. The summed E-state index contributed by atoms with van der Waals surface area (Å²) in [4.78, 5) is 12.2. The van der Waals surface area contributed by atoms with Crippen molar-refractivity contribution in [2.75, 3.05) is 0 Å². The number of ether oxygens (including phenoxy) is 1. The van der Waals surface area contributed by atoms with Crippen LogP contribution >= 0.6 is 0 Å². The molecular formula is C17H20N2O3. The molecule has 5 nitrogen and oxygen atoms in total. The van der Waals surface area contributed by atoms with Crippen LogP contribution in [0.2, 0.25) is 0 Å². The minimum absolute atomic E-state index is 0.114. The summed E-state index contributed by atoms with van der Waals surface area (Å²) in [5, 5.41) is 6.83. The van der Waals surface area contributed by atoms with Crippen LogP contribution in [0.25, 0.3) is 0 Å². The maximum atomic E-state index is 12.2. The first-order chi connectivity index (χ1) is 10.6. The molecule has 0 spiro atoms. The fourth-order valence-corrected chi connectivity index (χ4v) is 2.48. The number of amides is 1. The molecule has 0 radical (unpaired) electrons. The van der Waals surface area contributed by atoms with Crippen LogP contribution in [-0.4, -0.2) is 17.2 Å². The van der Waals surface area contributed by atoms with E-state index in [-0.39, 0.29) is 5.91 Å². The van der Waals surface area contributed by atoms with Gasteiger partial charge >= 0.3 is 0 Å². The molecule has 5 heteroatoms. The first kappa shape index (κ1) is 14.6. The third-order valence-electron chi connectivity index (χ3n) is 3.82. The highest BCUT2D eigenvalue weighted by molar-refractivity contribution is 5.81. The molecule has 0 aliphatic carbocycles. The Bertz CT molecular complexity index is 663. The van der Waals surface area contributed by atoms with Crippen molar-refractivity contribution in [3.05, 3.63) is 47.3 Å². The van der Waals surface area contributed by atoms with Gasteiger partial charge in [0, 0.05) is 6.07 Å². The minimum atomic E-state index is -0.442. The normalized spacial score (nSPS) is 17.0. The SMILES string of the molecule is CC(C)c1cc(CNC(=O)C2CCc3ccccc3O2)on1. The van der Waals surface area contributed by atoms with Crippen molar-refractivity contribution in [2.45, 2.75) is 45.3 Å². The molecule has 3 rings (SSSR count). The third kappa shape index (κ3) is 3.13. The van der Waals surface area contributed by atoms with Gasteiger partial charge in [0.2, 0.25) is 0 Å². The van der Waals surface area contributed by atoms with Crippen molar-refractivity contribution < 1.29 is 14.1 Å². The van der Waals surface area contributed by atoms with Gasteiger partial charge < -0.3 is 14.6 Å². The predicted octanol–water partition coefficient (Wildman–Crippen LogP) is 2.81. The summed E-state index contributed by atoms with van der Waals surface area (Å²) in [6.45, 7) is 4.43. The Kier molecular flexibility index (Phi) is 4.13. The second-order valence-electron chi connectivity index (χ2n) is 5.84. The highest BCUT2D eigenvalue weighted by atomic mass is 16.5. The topological polar surface area (TPSA) is 64.4 Å². The third-order valence-corrected chi connectivity index (χ3v) is 3.82. The number of hydrogen-bond acceptors (Lipinski definition) is 4. The number of nitrogens with zero attached hydrogens (tertiary/aromatic N) is 1. The summed E-state index contributed by atoms with van der Waals surface area (Å²) in [5.41, 5.74) is 2.05. The Morgan fingerprint density at radius 2 is 2.23 bits per heavy atom. The Morgan fingerprint density at radius 3 is 3.00 bits per heavy atom. The zero-order chi connectivity index (χ0) is 15.5. The van der Waals surface area contributed by atoms with Crippen molar-refractivity contribution >= 4 is 5.91 Å². The van der Waals surface area contributed by atoms with Crippen LogP contribution in [0.3, 0.4) is 0 Å². The molecule has 0 fully saturated rings. The maximum Gasteiger partial charge on any atom is 0.261 e. The summed E-state index contributed by atoms with van der Waals surface area (Å²) in [5.74, 6) is 1.66. The molecule has 0 saturated carbocycles. The molecule has 22 heavy (non-hydrogen) atoms. The van der Waals surface area contributed by atoms with Gasteiger partial charge in [0.25, 0.3) is 5.91 Å². The molecule has 1 aromatic carbocycles. The predicted molar refractivity (Wildman–Crippen MR) is 81.6 cm³/mol. The van der Waals surface area contributed by atoms with Crippen LogP contribution in [-0.2, 0) is 17.8 Å². The number of aryl methyl sites for hydroxylation is 1. The van der Waals surface area contributed by atoms with E-state index in [2.05, 4.69) is 10.5 Å². The smallest absolute Gasteiger partial charge is 0.261 e. The van der Waals surface area contributed by atoms with Gasteiger partial charge in [-0.25, -0.2) is 0 Å². The number of nitrogens with one attached hydrogen (secondary N) is 1. The number of benzene rings is 1. The van der Waals surface area contributed by atoms with Crippen molar-refractivity contribution in [1.29, 1.82) is 0 Å². The van der Waals surface area contributed by atoms with E-state index in [1.54, 1.807) is 0 Å². The first-order valence-electron chi connectivity index (χ1n) is 7.61. The monoisotopic (exact) mass is 300 g/mol. The second-order valence-corrected chi connectivity index (χ2v) is 5.84. The average Bonchev–Trinajstić information content (AvgIpc) is 3.01. The van der Waals surface area contributed by atoms with Crippen molar-refractivity contribution in [2.24, 2.45) is 0 Å². The van der Waals surface area contributed by atoms with Crippen LogP contribution in [0.4, 0.5) is 0 Å². The van der Waals surface area contributed by atoms with Gasteiger partial charge in [-0.3, -0.25) is 4.79 Å². The molecule has 2 aromatic rings. The minimum Gasteiger partial charge on any atom is -0.480 e. The van der Waals surface area contributed by atoms with Crippen molar-refractivity contribution in [3.8, 4) is 5.75 Å². The molecule has 2 heterocycles. The fourth-order valence-electron chi connectivity index (χ4n) is 2.48. The molecular weight excluding hydrogens is 280 g/mol. The molecule has 0 bridgehead atoms. The van der Waals surface area contributed by atoms with Crippen LogP contribution in [0.15, 0.2) is 34.9 Å². The first-order valence-corrected chi connectivity index (χ1v) is 7.61. The Morgan fingerprint density at radius 1 is 1.41 bits per heavy atom. The summed E-state index contributed by atoms with van der Waals surface area (Å²) < 4.78 is 11.0. The van der Waals surface area contributed by atoms with Crippen LogP contribution in [0.1, 0.15) is 43.2 Å². The number of aromatic nitrogens is 1. The van der Waals surface area contributed by atoms with Gasteiger partial charge in [-0.2, -0.15) is 0 Å². The molecule has 1 atom stereocenters. The van der Waals surface area contributed by atoms with E-state index in [9.17, 15) is 4.79 Å². The van der Waals surface area contributed by atoms with Crippen LogP contribution < -0.4 is 10.1 Å². The Hall–Kier alpha value is -2.30. The standard InChI is InChI=1S/C17H20N2O3/c1-11(2)14-9-13(22-19-14)10-18-17(20)16-8-7-12-5-3-4-6-15(12)21-16/h3-6,9,11,16H,7-8,10H2,1-2H3,(H,18,20). The Balaban J connectivity index is 1.56. The van der Waals surface area contributed by atoms with Gasteiger partial charge in [-0.05, 0) is 30.4 Å². The second kappa shape index (κ2) is 6.22. The van der Waals surface area contributed by atoms with Gasteiger partial charge in [0.15, 0.2) is 11.9 Å². The lowest BCUT2D eigenvalue weighted by Crippen LogP contribution is -2.40. The molecule has 1 amide bonds. The summed E-state index contributed by atoms with van der Waals surface area (Å²) in [7, 11) is 0. The van der Waals surface area contributed by atoms with Gasteiger partial charge in [0.1, 0.15) is 5.75 Å². The average molecular weight is 300 g/mol.